The van der Waals surface area contributed by atoms with Gasteiger partial charge in [-0.05, 0) is 18.3 Å². The number of amides is 2. The predicted octanol–water partition coefficient (Wildman–Crippen LogP) is 0.00820. The molecule has 0 bridgehead atoms. The highest BCUT2D eigenvalue weighted by Crippen LogP contribution is 2.11. The summed E-state index contributed by atoms with van der Waals surface area (Å²) in [7, 11) is 5.85. The topological polar surface area (TPSA) is 106 Å². The summed E-state index contributed by atoms with van der Waals surface area (Å²) in [6, 6.07) is 0. The van der Waals surface area contributed by atoms with Crippen molar-refractivity contribution >= 4 is 25.4 Å². The number of carbonyl (C=O) groups is 2. The SMILES string of the molecule is [B][C@H](CC(C)C)NC(=O)C1CC(CNC(=O)c2cnccn2)=NO1. The molecule has 2 atom stereocenters. The van der Waals surface area contributed by atoms with Gasteiger partial charge in [0.05, 0.1) is 26.3 Å². The van der Waals surface area contributed by atoms with E-state index in [4.69, 9.17) is 12.7 Å². The number of carbonyl (C=O) groups excluding carboxylic acids is 2. The summed E-state index contributed by atoms with van der Waals surface area (Å²) in [4.78, 5) is 36.7. The lowest BCUT2D eigenvalue weighted by Crippen LogP contribution is -2.42. The Bertz CT molecular complexity index is 608. The molecule has 2 heterocycles. The van der Waals surface area contributed by atoms with Crippen LogP contribution >= 0.6 is 0 Å². The van der Waals surface area contributed by atoms with Crippen LogP contribution in [0, 0.1) is 5.92 Å². The lowest BCUT2D eigenvalue weighted by molar-refractivity contribution is -0.131. The summed E-state index contributed by atoms with van der Waals surface area (Å²) in [6.07, 6.45) is 4.56. The van der Waals surface area contributed by atoms with Gasteiger partial charge in [-0.25, -0.2) is 4.98 Å². The van der Waals surface area contributed by atoms with E-state index in [0.29, 0.717) is 24.5 Å². The van der Waals surface area contributed by atoms with E-state index in [2.05, 4.69) is 25.8 Å². The number of nitrogens with zero attached hydrogens (tertiary/aromatic N) is 3. The summed E-state index contributed by atoms with van der Waals surface area (Å²) in [6.45, 7) is 4.23. The van der Waals surface area contributed by atoms with Crippen LogP contribution in [0.15, 0.2) is 23.7 Å². The Morgan fingerprint density at radius 1 is 1.42 bits per heavy atom. The van der Waals surface area contributed by atoms with Gasteiger partial charge in [-0.3, -0.25) is 14.6 Å². The minimum Gasteiger partial charge on any atom is -0.382 e. The molecule has 24 heavy (non-hydrogen) atoms. The van der Waals surface area contributed by atoms with Crippen molar-refractivity contribution in [3.63, 3.8) is 0 Å². The van der Waals surface area contributed by atoms with E-state index < -0.39 is 12.0 Å². The number of nitrogens with one attached hydrogen (secondary N) is 2. The van der Waals surface area contributed by atoms with Crippen LogP contribution in [0.1, 0.15) is 37.2 Å². The summed E-state index contributed by atoms with van der Waals surface area (Å²) in [5.41, 5.74) is 0.788. The molecule has 0 spiro atoms. The quantitative estimate of drug-likeness (QED) is 0.686. The number of oxime groups is 1. The van der Waals surface area contributed by atoms with Crippen LogP contribution in [0.2, 0.25) is 0 Å². The molecular weight excluding hydrogens is 309 g/mol. The smallest absolute Gasteiger partial charge is 0.271 e. The first-order valence-electron chi connectivity index (χ1n) is 7.77. The van der Waals surface area contributed by atoms with Gasteiger partial charge in [-0.15, -0.1) is 0 Å². The van der Waals surface area contributed by atoms with E-state index in [1.54, 1.807) is 0 Å². The second kappa shape index (κ2) is 8.42. The highest BCUT2D eigenvalue weighted by molar-refractivity contribution is 6.13. The Morgan fingerprint density at radius 2 is 2.21 bits per heavy atom. The molecule has 9 heteroatoms. The van der Waals surface area contributed by atoms with Gasteiger partial charge < -0.3 is 15.5 Å². The predicted molar refractivity (Wildman–Crippen MR) is 88.4 cm³/mol. The molecule has 0 aromatic carbocycles. The third-order valence-electron chi connectivity index (χ3n) is 3.32. The second-order valence-corrected chi connectivity index (χ2v) is 5.97. The molecule has 8 nitrogen and oxygen atoms in total. The zero-order valence-electron chi connectivity index (χ0n) is 13.7. The highest BCUT2D eigenvalue weighted by Gasteiger charge is 2.29. The molecule has 0 saturated heterocycles. The molecule has 1 aromatic rings. The highest BCUT2D eigenvalue weighted by atomic mass is 16.6. The zero-order chi connectivity index (χ0) is 17.5. The molecule has 1 aliphatic heterocycles. The van der Waals surface area contributed by atoms with Gasteiger partial charge in [0, 0.05) is 18.8 Å². The summed E-state index contributed by atoms with van der Waals surface area (Å²) in [5, 5.41) is 9.19. The standard InChI is InChI=1S/C15H20BN5O3/c1-9(2)5-13(16)20-15(23)12-6-10(21-24-12)7-19-14(22)11-8-17-3-4-18-11/h3-4,8-9,12-13H,5-7H2,1-2H3,(H,19,22)(H,20,23)/t12?,13-/m0/s1. The average Bonchev–Trinajstić information content (AvgIpc) is 3.01. The van der Waals surface area contributed by atoms with Crippen LogP contribution in [0.4, 0.5) is 0 Å². The van der Waals surface area contributed by atoms with E-state index in [1.165, 1.54) is 18.6 Å². The van der Waals surface area contributed by atoms with Crippen LogP contribution in [-0.4, -0.2) is 53.9 Å². The fraction of sp³-hybridized carbons (Fsp3) is 0.533. The normalized spacial score (nSPS) is 17.8. The number of rotatable bonds is 7. The summed E-state index contributed by atoms with van der Waals surface area (Å²) >= 11 is 0. The first-order chi connectivity index (χ1) is 11.5. The van der Waals surface area contributed by atoms with Crippen LogP contribution in [-0.2, 0) is 9.63 Å². The molecule has 0 aliphatic carbocycles. The van der Waals surface area contributed by atoms with Crippen molar-refractivity contribution in [1.82, 2.24) is 20.6 Å². The molecule has 2 amide bonds. The largest absolute Gasteiger partial charge is 0.382 e. The molecule has 126 valence electrons. The van der Waals surface area contributed by atoms with E-state index in [1.807, 2.05) is 13.8 Å². The molecule has 2 rings (SSSR count). The lowest BCUT2D eigenvalue weighted by Gasteiger charge is -2.18. The minimum atomic E-state index is -0.716. The van der Waals surface area contributed by atoms with Crippen LogP contribution in [0.5, 0.6) is 0 Å². The number of hydrogen-bond donors (Lipinski definition) is 2. The molecule has 0 fully saturated rings. The van der Waals surface area contributed by atoms with Gasteiger partial charge in [0.25, 0.3) is 11.8 Å². The van der Waals surface area contributed by atoms with Gasteiger partial charge in [0.2, 0.25) is 6.10 Å². The Kier molecular flexibility index (Phi) is 6.28. The van der Waals surface area contributed by atoms with Crippen molar-refractivity contribution in [3.8, 4) is 0 Å². The minimum absolute atomic E-state index is 0.178. The van der Waals surface area contributed by atoms with Gasteiger partial charge in [0.1, 0.15) is 5.69 Å². The lowest BCUT2D eigenvalue weighted by atomic mass is 9.88. The average molecular weight is 329 g/mol. The molecule has 1 aliphatic rings. The van der Waals surface area contributed by atoms with Crippen molar-refractivity contribution in [1.29, 1.82) is 0 Å². The van der Waals surface area contributed by atoms with Crippen LogP contribution in [0.3, 0.4) is 0 Å². The maximum atomic E-state index is 12.0. The molecule has 2 N–H and O–H groups in total. The van der Waals surface area contributed by atoms with Crippen molar-refractivity contribution in [2.75, 3.05) is 6.54 Å². The van der Waals surface area contributed by atoms with Crippen molar-refractivity contribution in [2.45, 2.75) is 38.7 Å². The summed E-state index contributed by atoms with van der Waals surface area (Å²) in [5.74, 6) is -0.700. The van der Waals surface area contributed by atoms with Gasteiger partial charge in [0.15, 0.2) is 0 Å². The maximum absolute atomic E-state index is 12.0. The third kappa shape index (κ3) is 5.33. The third-order valence-corrected chi connectivity index (χ3v) is 3.32. The Morgan fingerprint density at radius 3 is 2.88 bits per heavy atom. The second-order valence-electron chi connectivity index (χ2n) is 5.97. The molecule has 1 unspecified atom stereocenters. The van der Waals surface area contributed by atoms with Gasteiger partial charge in [-0.2, -0.15) is 0 Å². The van der Waals surface area contributed by atoms with Gasteiger partial charge in [-0.1, -0.05) is 19.0 Å². The van der Waals surface area contributed by atoms with E-state index in [9.17, 15) is 9.59 Å². The van der Waals surface area contributed by atoms with E-state index >= 15 is 0 Å². The summed E-state index contributed by atoms with van der Waals surface area (Å²) < 4.78 is 0. The fourth-order valence-corrected chi connectivity index (χ4v) is 2.20. The maximum Gasteiger partial charge on any atom is 0.271 e. The van der Waals surface area contributed by atoms with Crippen molar-refractivity contribution in [3.05, 3.63) is 24.3 Å². The monoisotopic (exact) mass is 329 g/mol. The Labute approximate surface area is 141 Å². The van der Waals surface area contributed by atoms with E-state index in [0.717, 1.165) is 0 Å². The number of aromatic nitrogens is 2. The first kappa shape index (κ1) is 17.9. The first-order valence-corrected chi connectivity index (χ1v) is 7.77. The number of hydrogen-bond acceptors (Lipinski definition) is 6. The van der Waals surface area contributed by atoms with E-state index in [-0.39, 0.29) is 24.1 Å². The van der Waals surface area contributed by atoms with Crippen molar-refractivity contribution in [2.24, 2.45) is 11.1 Å². The molecule has 1 aromatic heterocycles. The molecular formula is C15H20BN5O3. The Hall–Kier alpha value is -2.45. The molecule has 0 saturated carbocycles. The fourth-order valence-electron chi connectivity index (χ4n) is 2.20. The van der Waals surface area contributed by atoms with Gasteiger partial charge >= 0.3 is 0 Å². The molecule has 2 radical (unpaired) electrons. The Balaban J connectivity index is 1.74. The van der Waals surface area contributed by atoms with Crippen LogP contribution < -0.4 is 10.6 Å². The van der Waals surface area contributed by atoms with Crippen molar-refractivity contribution < 1.29 is 14.4 Å². The van der Waals surface area contributed by atoms with Crippen LogP contribution in [0.25, 0.3) is 0 Å². The zero-order valence-corrected chi connectivity index (χ0v) is 13.7.